The molecule has 2 heterocycles. The zero-order valence-electron chi connectivity index (χ0n) is 15.3. The zero-order valence-corrected chi connectivity index (χ0v) is 15.3. The zero-order chi connectivity index (χ0) is 18.5. The van der Waals surface area contributed by atoms with Gasteiger partial charge in [0, 0.05) is 18.7 Å². The van der Waals surface area contributed by atoms with Gasteiger partial charge in [0.15, 0.2) is 0 Å². The van der Waals surface area contributed by atoms with Crippen molar-refractivity contribution >= 4 is 0 Å². The molecule has 0 N–H and O–H groups in total. The minimum atomic E-state index is 0.624. The molecule has 1 aliphatic rings. The average molecular weight is 357 g/mol. The monoisotopic (exact) mass is 357 g/mol. The number of benzene rings is 2. The van der Waals surface area contributed by atoms with E-state index < -0.39 is 0 Å². The quantitative estimate of drug-likeness (QED) is 0.700. The van der Waals surface area contributed by atoms with Gasteiger partial charge < -0.3 is 0 Å². The minimum Gasteiger partial charge on any atom is -0.299 e. The van der Waals surface area contributed by atoms with Crippen LogP contribution in [0.25, 0.3) is 5.69 Å². The largest absolute Gasteiger partial charge is 0.299 e. The van der Waals surface area contributed by atoms with Crippen molar-refractivity contribution in [2.75, 3.05) is 13.1 Å². The first-order valence-electron chi connectivity index (χ1n) is 9.48. The third-order valence-electron chi connectivity index (χ3n) is 5.36. The van der Waals surface area contributed by atoms with E-state index in [0.29, 0.717) is 5.92 Å². The lowest BCUT2D eigenvalue weighted by molar-refractivity contribution is 0.175. The summed E-state index contributed by atoms with van der Waals surface area (Å²) in [5.74, 6) is 1.66. The molecule has 0 unspecified atom stereocenters. The molecule has 4 rings (SSSR count). The molecule has 0 aliphatic carbocycles. The highest BCUT2D eigenvalue weighted by atomic mass is 15.3. The summed E-state index contributed by atoms with van der Waals surface area (Å²) < 4.78 is 2.09. The first-order chi connectivity index (χ1) is 13.3. The number of rotatable bonds is 5. The van der Waals surface area contributed by atoms with E-state index in [2.05, 4.69) is 43.9 Å². The van der Waals surface area contributed by atoms with Crippen molar-refractivity contribution in [3.8, 4) is 11.8 Å². The van der Waals surface area contributed by atoms with Crippen molar-refractivity contribution in [1.82, 2.24) is 19.7 Å². The second kappa shape index (κ2) is 8.15. The van der Waals surface area contributed by atoms with E-state index in [1.165, 1.54) is 0 Å². The summed E-state index contributed by atoms with van der Waals surface area (Å²) in [6.07, 6.45) is 5.06. The number of aromatic nitrogens is 3. The number of nitrogens with zero attached hydrogens (tertiary/aromatic N) is 5. The summed E-state index contributed by atoms with van der Waals surface area (Å²) >= 11 is 0. The topological polar surface area (TPSA) is 57.7 Å². The fraction of sp³-hybridized carbons (Fsp3) is 0.318. The van der Waals surface area contributed by atoms with Crippen LogP contribution in [0.4, 0.5) is 0 Å². The lowest BCUT2D eigenvalue weighted by Crippen LogP contribution is -2.34. The molecule has 5 nitrogen and oxygen atoms in total. The maximum absolute atomic E-state index is 9.27. The van der Waals surface area contributed by atoms with Crippen LogP contribution in [0.15, 0.2) is 60.9 Å². The summed E-state index contributed by atoms with van der Waals surface area (Å²) in [6.45, 7) is 2.98. The molecule has 0 atom stereocenters. The molecule has 1 aromatic heterocycles. The van der Waals surface area contributed by atoms with Gasteiger partial charge in [0.2, 0.25) is 0 Å². The van der Waals surface area contributed by atoms with E-state index in [1.807, 2.05) is 36.4 Å². The number of nitriles is 1. The molecule has 27 heavy (non-hydrogen) atoms. The molecular weight excluding hydrogens is 334 g/mol. The van der Waals surface area contributed by atoms with Gasteiger partial charge in [0.05, 0.1) is 11.6 Å². The summed E-state index contributed by atoms with van der Waals surface area (Å²) in [5.41, 5.74) is 3.03. The third-order valence-corrected chi connectivity index (χ3v) is 5.36. The Morgan fingerprint density at radius 1 is 1.00 bits per heavy atom. The summed E-state index contributed by atoms with van der Waals surface area (Å²) in [5, 5.41) is 17.8. The van der Waals surface area contributed by atoms with Crippen LogP contribution in [-0.4, -0.2) is 32.8 Å². The lowest BCUT2D eigenvalue weighted by atomic mass is 9.92. The molecule has 136 valence electrons. The Bertz CT molecular complexity index is 917. The highest BCUT2D eigenvalue weighted by Gasteiger charge is 2.22. The Balaban J connectivity index is 1.36. The molecular formula is C22H23N5. The van der Waals surface area contributed by atoms with Gasteiger partial charge in [-0.15, -0.1) is 10.2 Å². The average Bonchev–Trinajstić information content (AvgIpc) is 3.19. The fourth-order valence-corrected chi connectivity index (χ4v) is 3.82. The smallest absolute Gasteiger partial charge is 0.137 e. The first-order valence-corrected chi connectivity index (χ1v) is 9.48. The minimum absolute atomic E-state index is 0.624. The van der Waals surface area contributed by atoms with E-state index in [0.717, 1.165) is 61.5 Å². The van der Waals surface area contributed by atoms with Crippen LogP contribution in [0.3, 0.4) is 0 Å². The second-order valence-corrected chi connectivity index (χ2v) is 7.15. The molecule has 2 aromatic carbocycles. The number of hydrogen-bond acceptors (Lipinski definition) is 4. The van der Waals surface area contributed by atoms with Crippen LogP contribution < -0.4 is 0 Å². The van der Waals surface area contributed by atoms with E-state index in [-0.39, 0.29) is 0 Å². The summed E-state index contributed by atoms with van der Waals surface area (Å²) in [4.78, 5) is 2.45. The van der Waals surface area contributed by atoms with Crippen molar-refractivity contribution in [2.45, 2.75) is 25.8 Å². The Hall–Kier alpha value is -2.97. The number of para-hydroxylation sites is 1. The molecule has 0 amide bonds. The second-order valence-electron chi connectivity index (χ2n) is 7.15. The number of likely N-dealkylation sites (tertiary alicyclic amines) is 1. The normalized spacial score (nSPS) is 15.5. The van der Waals surface area contributed by atoms with Crippen molar-refractivity contribution in [3.05, 3.63) is 77.9 Å². The molecule has 1 aliphatic heterocycles. The lowest BCUT2D eigenvalue weighted by Gasteiger charge is -2.32. The molecule has 1 saturated heterocycles. The predicted molar refractivity (Wildman–Crippen MR) is 104 cm³/mol. The van der Waals surface area contributed by atoms with Gasteiger partial charge in [-0.25, -0.2) is 0 Å². The highest BCUT2D eigenvalue weighted by molar-refractivity contribution is 5.37. The maximum Gasteiger partial charge on any atom is 0.137 e. The van der Waals surface area contributed by atoms with E-state index in [1.54, 1.807) is 6.33 Å². The van der Waals surface area contributed by atoms with Crippen LogP contribution in [0, 0.1) is 17.2 Å². The van der Waals surface area contributed by atoms with Gasteiger partial charge in [0.1, 0.15) is 12.2 Å². The van der Waals surface area contributed by atoms with Crippen LogP contribution in [0.5, 0.6) is 0 Å². The number of hydrogen-bond donors (Lipinski definition) is 0. The van der Waals surface area contributed by atoms with Crippen molar-refractivity contribution in [2.24, 2.45) is 5.92 Å². The van der Waals surface area contributed by atoms with E-state index in [4.69, 9.17) is 0 Å². The fourth-order valence-electron chi connectivity index (χ4n) is 3.82. The highest BCUT2D eigenvalue weighted by Crippen LogP contribution is 2.23. The van der Waals surface area contributed by atoms with Gasteiger partial charge in [-0.1, -0.05) is 36.4 Å². The predicted octanol–water partition coefficient (Wildman–Crippen LogP) is 3.59. The Kier molecular flexibility index (Phi) is 5.27. The summed E-state index contributed by atoms with van der Waals surface area (Å²) in [7, 11) is 0. The Morgan fingerprint density at radius 2 is 1.74 bits per heavy atom. The van der Waals surface area contributed by atoms with Gasteiger partial charge in [-0.3, -0.25) is 9.47 Å². The standard InChI is InChI=1S/C22H23N5/c23-15-19-6-4-5-7-20(19)16-26-12-10-18(11-13-26)14-22-25-24-17-27(22)21-8-2-1-3-9-21/h1-9,17-18H,10-14,16H2. The van der Waals surface area contributed by atoms with Crippen molar-refractivity contribution in [1.29, 1.82) is 5.26 Å². The van der Waals surface area contributed by atoms with Crippen LogP contribution in [0.2, 0.25) is 0 Å². The van der Waals surface area contributed by atoms with Gasteiger partial charge in [-0.05, 0) is 55.6 Å². The van der Waals surface area contributed by atoms with Gasteiger partial charge in [0.25, 0.3) is 0 Å². The Morgan fingerprint density at radius 3 is 2.52 bits per heavy atom. The van der Waals surface area contributed by atoms with Gasteiger partial charge in [-0.2, -0.15) is 5.26 Å². The van der Waals surface area contributed by atoms with Crippen LogP contribution >= 0.6 is 0 Å². The molecule has 5 heteroatoms. The Labute approximate surface area is 159 Å². The molecule has 3 aromatic rings. The van der Waals surface area contributed by atoms with E-state index in [9.17, 15) is 5.26 Å². The van der Waals surface area contributed by atoms with Gasteiger partial charge >= 0.3 is 0 Å². The van der Waals surface area contributed by atoms with Crippen molar-refractivity contribution in [3.63, 3.8) is 0 Å². The van der Waals surface area contributed by atoms with Crippen LogP contribution in [-0.2, 0) is 13.0 Å². The number of piperidine rings is 1. The third kappa shape index (κ3) is 4.07. The van der Waals surface area contributed by atoms with E-state index >= 15 is 0 Å². The summed E-state index contributed by atoms with van der Waals surface area (Å²) in [6, 6.07) is 20.5. The maximum atomic E-state index is 9.27. The SMILES string of the molecule is N#Cc1ccccc1CN1CCC(Cc2nncn2-c2ccccc2)CC1. The van der Waals surface area contributed by atoms with Crippen LogP contribution in [0.1, 0.15) is 29.8 Å². The van der Waals surface area contributed by atoms with Crippen molar-refractivity contribution < 1.29 is 0 Å². The molecule has 1 fully saturated rings. The molecule has 0 bridgehead atoms. The molecule has 0 spiro atoms. The molecule has 0 radical (unpaired) electrons. The first kappa shape index (κ1) is 17.4. The molecule has 0 saturated carbocycles.